The maximum Gasteiger partial charge on any atom is 0.229 e. The second-order valence-electron chi connectivity index (χ2n) is 9.15. The maximum atomic E-state index is 11.5. The van der Waals surface area contributed by atoms with Gasteiger partial charge in [-0.2, -0.15) is 0 Å². The van der Waals surface area contributed by atoms with Crippen LogP contribution in [0.1, 0.15) is 75.8 Å². The lowest BCUT2D eigenvalue weighted by atomic mass is 9.69. The molecule has 0 saturated heterocycles. The lowest BCUT2D eigenvalue weighted by Crippen LogP contribution is -2.32. The van der Waals surface area contributed by atoms with Crippen molar-refractivity contribution in [3.63, 3.8) is 0 Å². The summed E-state index contributed by atoms with van der Waals surface area (Å²) in [6, 6.07) is 6.10. The zero-order valence-corrected chi connectivity index (χ0v) is 20.0. The molecule has 2 fully saturated rings. The van der Waals surface area contributed by atoms with Crippen LogP contribution < -0.4 is 14.8 Å². The van der Waals surface area contributed by atoms with E-state index >= 15 is 0 Å². The Morgan fingerprint density at radius 3 is 2.50 bits per heavy atom. The first-order chi connectivity index (χ1) is 16.5. The van der Waals surface area contributed by atoms with E-state index in [1.54, 1.807) is 26.4 Å². The molecule has 2 N–H and O–H groups in total. The molecule has 2 aromatic rings. The van der Waals surface area contributed by atoms with Crippen LogP contribution in [0, 0.1) is 11.8 Å². The van der Waals surface area contributed by atoms with E-state index < -0.39 is 5.41 Å². The summed E-state index contributed by atoms with van der Waals surface area (Å²) in [6.45, 7) is 1.78. The Labute approximate surface area is 201 Å². The summed E-state index contributed by atoms with van der Waals surface area (Å²) in [5, 5.41) is 12.8. The molecule has 1 aromatic heterocycles. The molecule has 0 atom stereocenters. The number of rotatable bonds is 6. The molecule has 0 spiro atoms. The molecule has 0 aliphatic heterocycles. The van der Waals surface area contributed by atoms with Gasteiger partial charge in [0.15, 0.2) is 11.5 Å². The third-order valence-electron chi connectivity index (χ3n) is 6.79. The fraction of sp³-hybridized carbons (Fsp3) is 0.519. The topological polar surface area (TPSA) is 93.6 Å². The molecule has 2 aliphatic rings. The first-order valence-corrected chi connectivity index (χ1v) is 12.2. The summed E-state index contributed by atoms with van der Waals surface area (Å²) < 4.78 is 11.9. The third-order valence-corrected chi connectivity index (χ3v) is 6.79. The number of benzene rings is 1. The van der Waals surface area contributed by atoms with Crippen LogP contribution in [0.15, 0.2) is 30.6 Å². The van der Waals surface area contributed by atoms with Gasteiger partial charge < -0.3 is 14.6 Å². The highest BCUT2D eigenvalue weighted by Crippen LogP contribution is 2.43. The standard InChI is InChI=1S/C27H33N3O4/c1-3-25(32)30-26-28-17-19(18-29-26)10-13-27(14-11-21(31)12-15-27)20-8-9-23(33-2)24(16-20)34-22-6-4-5-7-22/h8-9,16-18,21-22,31H,3-7,11-12,14-15H2,1-2H3,(H,28,29,30,32)/t21-,27+. The minimum atomic E-state index is -0.408. The number of ether oxygens (including phenoxy) is 2. The van der Waals surface area contributed by atoms with Crippen molar-refractivity contribution in [3.8, 4) is 23.3 Å². The van der Waals surface area contributed by atoms with Crippen molar-refractivity contribution in [2.24, 2.45) is 0 Å². The number of nitrogens with zero attached hydrogens (tertiary/aromatic N) is 2. The molecular weight excluding hydrogens is 430 g/mol. The number of methoxy groups -OCH3 is 1. The van der Waals surface area contributed by atoms with E-state index in [1.165, 1.54) is 12.8 Å². The van der Waals surface area contributed by atoms with Crippen molar-refractivity contribution in [1.82, 2.24) is 9.97 Å². The lowest BCUT2D eigenvalue weighted by molar-refractivity contribution is -0.115. The van der Waals surface area contributed by atoms with Gasteiger partial charge in [-0.05, 0) is 69.1 Å². The highest BCUT2D eigenvalue weighted by Gasteiger charge is 2.36. The van der Waals surface area contributed by atoms with E-state index in [0.717, 1.165) is 42.7 Å². The van der Waals surface area contributed by atoms with Gasteiger partial charge in [0, 0.05) is 18.8 Å². The number of aliphatic hydroxyl groups is 1. The van der Waals surface area contributed by atoms with Gasteiger partial charge in [0.2, 0.25) is 11.9 Å². The molecule has 1 heterocycles. The Morgan fingerprint density at radius 1 is 1.15 bits per heavy atom. The van der Waals surface area contributed by atoms with Gasteiger partial charge in [-0.1, -0.05) is 24.8 Å². The van der Waals surface area contributed by atoms with Crippen molar-refractivity contribution in [2.45, 2.75) is 82.3 Å². The number of aliphatic hydroxyl groups excluding tert-OH is 1. The number of anilines is 1. The Bertz CT molecular complexity index is 1040. The van der Waals surface area contributed by atoms with Crippen LogP contribution in [0.25, 0.3) is 0 Å². The number of nitrogens with one attached hydrogen (secondary N) is 1. The molecular formula is C27H33N3O4. The molecule has 1 aromatic carbocycles. The van der Waals surface area contributed by atoms with Crippen LogP contribution in [-0.2, 0) is 10.2 Å². The highest BCUT2D eigenvalue weighted by atomic mass is 16.5. The molecule has 4 rings (SSSR count). The smallest absolute Gasteiger partial charge is 0.229 e. The van der Waals surface area contributed by atoms with Gasteiger partial charge in [-0.3, -0.25) is 10.1 Å². The van der Waals surface area contributed by atoms with Crippen molar-refractivity contribution >= 4 is 11.9 Å². The predicted molar refractivity (Wildman–Crippen MR) is 130 cm³/mol. The molecule has 1 amide bonds. The number of amides is 1. The quantitative estimate of drug-likeness (QED) is 0.618. The van der Waals surface area contributed by atoms with Gasteiger partial charge in [0.05, 0.1) is 30.3 Å². The molecule has 7 nitrogen and oxygen atoms in total. The number of carbonyl (C=O) groups is 1. The molecule has 7 heteroatoms. The van der Waals surface area contributed by atoms with Gasteiger partial charge in [-0.25, -0.2) is 9.97 Å². The second kappa shape index (κ2) is 10.9. The first kappa shape index (κ1) is 24.0. The molecule has 0 bridgehead atoms. The van der Waals surface area contributed by atoms with Crippen molar-refractivity contribution < 1.29 is 19.4 Å². The molecule has 0 radical (unpaired) electrons. The minimum absolute atomic E-state index is 0.131. The second-order valence-corrected chi connectivity index (χ2v) is 9.15. The summed E-state index contributed by atoms with van der Waals surface area (Å²) in [6.07, 6.45) is 11.0. The third kappa shape index (κ3) is 5.68. The fourth-order valence-corrected chi connectivity index (χ4v) is 4.70. The predicted octanol–water partition coefficient (Wildman–Crippen LogP) is 4.38. The molecule has 0 unspecified atom stereocenters. The van der Waals surface area contributed by atoms with E-state index in [0.29, 0.717) is 24.8 Å². The first-order valence-electron chi connectivity index (χ1n) is 12.2. The Morgan fingerprint density at radius 2 is 1.85 bits per heavy atom. The molecule has 34 heavy (non-hydrogen) atoms. The normalized spacial score (nSPS) is 22.5. The van der Waals surface area contributed by atoms with Gasteiger partial charge in [-0.15, -0.1) is 0 Å². The van der Waals surface area contributed by atoms with E-state index in [4.69, 9.17) is 9.47 Å². The van der Waals surface area contributed by atoms with E-state index in [1.807, 2.05) is 6.07 Å². The summed E-state index contributed by atoms with van der Waals surface area (Å²) in [7, 11) is 1.66. The summed E-state index contributed by atoms with van der Waals surface area (Å²) in [5.41, 5.74) is 1.35. The zero-order valence-electron chi connectivity index (χ0n) is 20.0. The molecule has 180 valence electrons. The summed E-state index contributed by atoms with van der Waals surface area (Å²) in [5.74, 6) is 8.37. The maximum absolute atomic E-state index is 11.5. The van der Waals surface area contributed by atoms with Gasteiger partial charge >= 0.3 is 0 Å². The molecule has 2 aliphatic carbocycles. The van der Waals surface area contributed by atoms with Crippen LogP contribution in [0.5, 0.6) is 11.5 Å². The highest BCUT2D eigenvalue weighted by molar-refractivity contribution is 5.88. The SMILES string of the molecule is CCC(=O)Nc1ncc(C#C[C@]2(c3ccc(OC)c(OC4CCCC4)c3)CC[C@@H](O)CC2)cn1. The van der Waals surface area contributed by atoms with Crippen molar-refractivity contribution in [2.75, 3.05) is 12.4 Å². The average Bonchev–Trinajstić information content (AvgIpc) is 3.38. The van der Waals surface area contributed by atoms with Crippen molar-refractivity contribution in [1.29, 1.82) is 0 Å². The lowest BCUT2D eigenvalue weighted by Gasteiger charge is -2.35. The monoisotopic (exact) mass is 463 g/mol. The van der Waals surface area contributed by atoms with E-state index in [-0.39, 0.29) is 24.1 Å². The van der Waals surface area contributed by atoms with Crippen LogP contribution in [-0.4, -0.2) is 40.3 Å². The largest absolute Gasteiger partial charge is 0.493 e. The summed E-state index contributed by atoms with van der Waals surface area (Å²) in [4.78, 5) is 20.0. The number of hydrogen-bond acceptors (Lipinski definition) is 6. The minimum Gasteiger partial charge on any atom is -0.493 e. The number of aromatic nitrogens is 2. The van der Waals surface area contributed by atoms with Crippen LogP contribution >= 0.6 is 0 Å². The zero-order chi connectivity index (χ0) is 24.0. The molecule has 2 saturated carbocycles. The van der Waals surface area contributed by atoms with Crippen LogP contribution in [0.3, 0.4) is 0 Å². The van der Waals surface area contributed by atoms with E-state index in [9.17, 15) is 9.90 Å². The fourth-order valence-electron chi connectivity index (χ4n) is 4.70. The van der Waals surface area contributed by atoms with Gasteiger partial charge in [0.25, 0.3) is 0 Å². The number of hydrogen-bond donors (Lipinski definition) is 2. The van der Waals surface area contributed by atoms with Crippen molar-refractivity contribution in [3.05, 3.63) is 41.7 Å². The van der Waals surface area contributed by atoms with Gasteiger partial charge in [0.1, 0.15) is 0 Å². The Balaban J connectivity index is 1.63. The van der Waals surface area contributed by atoms with Crippen LogP contribution in [0.2, 0.25) is 0 Å². The average molecular weight is 464 g/mol. The Kier molecular flexibility index (Phi) is 7.69. The Hall–Kier alpha value is -3.11. The van der Waals surface area contributed by atoms with E-state index in [2.05, 4.69) is 39.3 Å². The summed E-state index contributed by atoms with van der Waals surface area (Å²) >= 11 is 0. The number of carbonyl (C=O) groups excluding carboxylic acids is 1. The van der Waals surface area contributed by atoms with Crippen LogP contribution in [0.4, 0.5) is 5.95 Å².